The van der Waals surface area contributed by atoms with Crippen LogP contribution in [-0.2, 0) is 16.0 Å². The second kappa shape index (κ2) is 7.79. The van der Waals surface area contributed by atoms with E-state index in [2.05, 4.69) is 0 Å². The number of carboxylic acids is 1. The fourth-order valence-electron chi connectivity index (χ4n) is 3.72. The summed E-state index contributed by atoms with van der Waals surface area (Å²) in [6.07, 6.45) is 7.14. The van der Waals surface area contributed by atoms with E-state index in [9.17, 15) is 9.59 Å². The molecule has 0 spiro atoms. The first-order valence-electron chi connectivity index (χ1n) is 8.87. The van der Waals surface area contributed by atoms with Crippen molar-refractivity contribution in [2.24, 2.45) is 0 Å². The normalized spacial score (nSPS) is 21.1. The van der Waals surface area contributed by atoms with Crippen LogP contribution in [-0.4, -0.2) is 47.2 Å². The average molecular weight is 331 g/mol. The van der Waals surface area contributed by atoms with Crippen LogP contribution in [0.3, 0.4) is 0 Å². The summed E-state index contributed by atoms with van der Waals surface area (Å²) in [6, 6.07) is 6.93. The van der Waals surface area contributed by atoms with Crippen LogP contribution in [0, 0.1) is 0 Å². The Morgan fingerprint density at radius 2 is 1.79 bits per heavy atom. The lowest BCUT2D eigenvalue weighted by Gasteiger charge is -2.31. The third kappa shape index (κ3) is 4.15. The van der Waals surface area contributed by atoms with Gasteiger partial charge in [0.05, 0.1) is 18.1 Å². The molecule has 1 aromatic rings. The molecular weight excluding hydrogens is 306 g/mol. The van der Waals surface area contributed by atoms with E-state index in [0.29, 0.717) is 19.0 Å². The molecule has 0 bridgehead atoms. The van der Waals surface area contributed by atoms with Gasteiger partial charge >= 0.3 is 5.97 Å². The maximum absolute atomic E-state index is 12.9. The number of carboxylic acid groups (broad SMARTS) is 1. The monoisotopic (exact) mass is 331 g/mol. The van der Waals surface area contributed by atoms with E-state index < -0.39 is 5.97 Å². The van der Waals surface area contributed by atoms with Gasteiger partial charge in [0.2, 0.25) is 5.91 Å². The van der Waals surface area contributed by atoms with E-state index in [1.54, 1.807) is 24.3 Å². The van der Waals surface area contributed by atoms with Gasteiger partial charge in [-0.3, -0.25) is 4.79 Å². The number of nitrogens with zero attached hydrogens (tertiary/aromatic N) is 1. The Labute approximate surface area is 142 Å². The SMILES string of the molecule is O=C(O)c1ccc(CC(=O)N(CC2CCCO2)C2CCCC2)cc1. The molecule has 1 aliphatic carbocycles. The summed E-state index contributed by atoms with van der Waals surface area (Å²) in [5.74, 6) is -0.820. The maximum atomic E-state index is 12.9. The Hall–Kier alpha value is -1.88. The summed E-state index contributed by atoms with van der Waals surface area (Å²) in [5.41, 5.74) is 1.11. The zero-order valence-electron chi connectivity index (χ0n) is 13.9. The van der Waals surface area contributed by atoms with Gasteiger partial charge in [0.25, 0.3) is 0 Å². The number of hydrogen-bond donors (Lipinski definition) is 1. The first-order valence-corrected chi connectivity index (χ1v) is 8.87. The molecule has 2 fully saturated rings. The Morgan fingerprint density at radius 3 is 2.38 bits per heavy atom. The highest BCUT2D eigenvalue weighted by atomic mass is 16.5. The van der Waals surface area contributed by atoms with Gasteiger partial charge in [0, 0.05) is 19.2 Å². The van der Waals surface area contributed by atoms with Crippen molar-refractivity contribution in [3.05, 3.63) is 35.4 Å². The van der Waals surface area contributed by atoms with Crippen LogP contribution in [0.1, 0.15) is 54.4 Å². The Bertz CT molecular complexity index is 572. The van der Waals surface area contributed by atoms with Crippen LogP contribution in [0.2, 0.25) is 0 Å². The molecule has 1 heterocycles. The lowest BCUT2D eigenvalue weighted by atomic mass is 10.1. The van der Waals surface area contributed by atoms with Crippen LogP contribution in [0.5, 0.6) is 0 Å². The first-order chi connectivity index (χ1) is 11.6. The number of carbonyl (C=O) groups excluding carboxylic acids is 1. The number of benzene rings is 1. The predicted octanol–water partition coefficient (Wildman–Crippen LogP) is 2.88. The van der Waals surface area contributed by atoms with E-state index in [4.69, 9.17) is 9.84 Å². The summed E-state index contributed by atoms with van der Waals surface area (Å²) in [4.78, 5) is 25.8. The van der Waals surface area contributed by atoms with E-state index in [1.165, 1.54) is 12.8 Å². The third-order valence-corrected chi connectivity index (χ3v) is 5.07. The van der Waals surface area contributed by atoms with Crippen molar-refractivity contribution >= 4 is 11.9 Å². The molecule has 1 unspecified atom stereocenters. The molecule has 5 heteroatoms. The minimum absolute atomic E-state index is 0.125. The Balaban J connectivity index is 1.66. The molecule has 3 rings (SSSR count). The molecule has 1 saturated heterocycles. The number of hydrogen-bond acceptors (Lipinski definition) is 3. The van der Waals surface area contributed by atoms with Crippen molar-refractivity contribution in [1.82, 2.24) is 4.90 Å². The number of carbonyl (C=O) groups is 2. The molecule has 1 amide bonds. The van der Waals surface area contributed by atoms with Gasteiger partial charge in [-0.15, -0.1) is 0 Å². The lowest BCUT2D eigenvalue weighted by molar-refractivity contribution is -0.134. The smallest absolute Gasteiger partial charge is 0.335 e. The number of aromatic carboxylic acids is 1. The van der Waals surface area contributed by atoms with Gasteiger partial charge in [0.1, 0.15) is 0 Å². The fourth-order valence-corrected chi connectivity index (χ4v) is 3.72. The number of amides is 1. The van der Waals surface area contributed by atoms with Crippen LogP contribution < -0.4 is 0 Å². The van der Waals surface area contributed by atoms with Gasteiger partial charge in [-0.05, 0) is 43.4 Å². The molecule has 0 aromatic heterocycles. The molecular formula is C19H25NO4. The molecule has 2 aliphatic rings. The van der Waals surface area contributed by atoms with Gasteiger partial charge < -0.3 is 14.7 Å². The first kappa shape index (κ1) is 17.0. The van der Waals surface area contributed by atoms with E-state index in [1.807, 2.05) is 4.90 Å². The standard InChI is InChI=1S/C19H25NO4/c21-18(12-14-7-9-15(10-8-14)19(22)23)20(16-4-1-2-5-16)13-17-6-3-11-24-17/h7-10,16-17H,1-6,11-13H2,(H,22,23). The van der Waals surface area contributed by atoms with Crippen molar-refractivity contribution in [2.45, 2.75) is 57.1 Å². The largest absolute Gasteiger partial charge is 0.478 e. The van der Waals surface area contributed by atoms with Gasteiger partial charge in [-0.25, -0.2) is 4.79 Å². The summed E-state index contributed by atoms with van der Waals surface area (Å²) in [7, 11) is 0. The van der Waals surface area contributed by atoms with Crippen molar-refractivity contribution in [1.29, 1.82) is 0 Å². The highest BCUT2D eigenvalue weighted by Gasteiger charge is 2.30. The molecule has 130 valence electrons. The minimum Gasteiger partial charge on any atom is -0.478 e. The fraction of sp³-hybridized carbons (Fsp3) is 0.579. The Kier molecular flexibility index (Phi) is 5.51. The third-order valence-electron chi connectivity index (χ3n) is 5.07. The predicted molar refractivity (Wildman–Crippen MR) is 90.0 cm³/mol. The van der Waals surface area contributed by atoms with Crippen LogP contribution >= 0.6 is 0 Å². The van der Waals surface area contributed by atoms with Crippen LogP contribution in [0.25, 0.3) is 0 Å². The highest BCUT2D eigenvalue weighted by Crippen LogP contribution is 2.26. The topological polar surface area (TPSA) is 66.8 Å². The van der Waals surface area contributed by atoms with Crippen molar-refractivity contribution in [2.75, 3.05) is 13.2 Å². The lowest BCUT2D eigenvalue weighted by Crippen LogP contribution is -2.44. The summed E-state index contributed by atoms with van der Waals surface area (Å²) in [6.45, 7) is 1.49. The van der Waals surface area contributed by atoms with Crippen molar-refractivity contribution in [3.63, 3.8) is 0 Å². The molecule has 1 aromatic carbocycles. The second-order valence-corrected chi connectivity index (χ2v) is 6.80. The molecule has 5 nitrogen and oxygen atoms in total. The minimum atomic E-state index is -0.946. The highest BCUT2D eigenvalue weighted by molar-refractivity contribution is 5.87. The zero-order chi connectivity index (χ0) is 16.9. The van der Waals surface area contributed by atoms with Gasteiger partial charge in [-0.2, -0.15) is 0 Å². The van der Waals surface area contributed by atoms with E-state index in [-0.39, 0.29) is 17.6 Å². The molecule has 24 heavy (non-hydrogen) atoms. The number of ether oxygens (including phenoxy) is 1. The number of rotatable bonds is 6. The van der Waals surface area contributed by atoms with Crippen LogP contribution in [0.4, 0.5) is 0 Å². The molecule has 1 aliphatic heterocycles. The maximum Gasteiger partial charge on any atom is 0.335 e. The second-order valence-electron chi connectivity index (χ2n) is 6.80. The quantitative estimate of drug-likeness (QED) is 0.870. The van der Waals surface area contributed by atoms with Crippen molar-refractivity contribution < 1.29 is 19.4 Å². The molecule has 0 radical (unpaired) electrons. The molecule has 1 atom stereocenters. The van der Waals surface area contributed by atoms with Gasteiger partial charge in [-0.1, -0.05) is 25.0 Å². The summed E-state index contributed by atoms with van der Waals surface area (Å²) in [5, 5.41) is 8.96. The van der Waals surface area contributed by atoms with E-state index in [0.717, 1.165) is 37.9 Å². The summed E-state index contributed by atoms with van der Waals surface area (Å²) < 4.78 is 5.73. The molecule has 1 saturated carbocycles. The average Bonchev–Trinajstić information content (AvgIpc) is 3.26. The van der Waals surface area contributed by atoms with Gasteiger partial charge in [0.15, 0.2) is 0 Å². The summed E-state index contributed by atoms with van der Waals surface area (Å²) >= 11 is 0. The Morgan fingerprint density at radius 1 is 1.08 bits per heavy atom. The van der Waals surface area contributed by atoms with E-state index >= 15 is 0 Å². The van der Waals surface area contributed by atoms with Crippen molar-refractivity contribution in [3.8, 4) is 0 Å². The zero-order valence-corrected chi connectivity index (χ0v) is 13.9. The molecule has 1 N–H and O–H groups in total. The van der Waals surface area contributed by atoms with Crippen LogP contribution in [0.15, 0.2) is 24.3 Å².